The third-order valence-corrected chi connectivity index (χ3v) is 5.00. The number of nitrogens with zero attached hydrogens (tertiary/aromatic N) is 2. The van der Waals surface area contributed by atoms with E-state index in [2.05, 4.69) is 39.8 Å². The number of benzene rings is 2. The maximum absolute atomic E-state index is 12.1. The Labute approximate surface area is 148 Å². The summed E-state index contributed by atoms with van der Waals surface area (Å²) in [7, 11) is 0. The Hall–Kier alpha value is -2.44. The van der Waals surface area contributed by atoms with E-state index < -0.39 is 0 Å². The highest BCUT2D eigenvalue weighted by Crippen LogP contribution is 2.26. The van der Waals surface area contributed by atoms with Gasteiger partial charge in [0, 0.05) is 11.3 Å². The minimum Gasteiger partial charge on any atom is -0.296 e. The molecule has 0 aliphatic heterocycles. The summed E-state index contributed by atoms with van der Waals surface area (Å²) in [5.74, 6) is 0.628. The van der Waals surface area contributed by atoms with Crippen molar-refractivity contribution in [3.63, 3.8) is 0 Å². The Morgan fingerprint density at radius 2 is 1.75 bits per heavy atom. The van der Waals surface area contributed by atoms with Gasteiger partial charge in [0.2, 0.25) is 5.13 Å². The maximum atomic E-state index is 12.1. The Bertz CT molecular complexity index is 817. The van der Waals surface area contributed by atoms with Gasteiger partial charge in [0.1, 0.15) is 0 Å². The summed E-state index contributed by atoms with van der Waals surface area (Å²) in [6.07, 6.45) is 4.16. The summed E-state index contributed by atoms with van der Waals surface area (Å²) >= 11 is 2.97. The number of carbonyl (C=O) groups excluding carboxylic acids is 1. The number of aromatic nitrogens is 2. The highest BCUT2D eigenvalue weighted by Gasteiger charge is 2.09. The number of carbonyl (C=O) groups is 1. The zero-order chi connectivity index (χ0) is 16.6. The van der Waals surface area contributed by atoms with Crippen molar-refractivity contribution in [1.82, 2.24) is 10.2 Å². The molecule has 1 aromatic heterocycles. The van der Waals surface area contributed by atoms with Crippen molar-refractivity contribution < 1.29 is 4.79 Å². The van der Waals surface area contributed by atoms with Crippen LogP contribution < -0.4 is 5.32 Å². The van der Waals surface area contributed by atoms with E-state index in [0.29, 0.717) is 10.7 Å². The predicted octanol–water partition coefficient (Wildman–Crippen LogP) is 4.60. The van der Waals surface area contributed by atoms with Gasteiger partial charge in [0.05, 0.1) is 0 Å². The van der Waals surface area contributed by atoms with Gasteiger partial charge in [-0.05, 0) is 17.7 Å². The molecule has 2 aromatic carbocycles. The lowest BCUT2D eigenvalue weighted by atomic mass is 10.2. The summed E-state index contributed by atoms with van der Waals surface area (Å²) < 4.78 is 0.830. The molecule has 0 saturated carbocycles. The highest BCUT2D eigenvalue weighted by atomic mass is 32.2. The van der Waals surface area contributed by atoms with E-state index in [0.717, 1.165) is 10.1 Å². The van der Waals surface area contributed by atoms with Gasteiger partial charge < -0.3 is 0 Å². The number of hydrogen-bond donors (Lipinski definition) is 1. The summed E-state index contributed by atoms with van der Waals surface area (Å²) in [6.45, 7) is 0. The SMILES string of the molecule is O=C(Nc1nnc(SCC=Cc2ccccc2)s1)c1ccccc1. The number of rotatable bonds is 6. The van der Waals surface area contributed by atoms with Crippen LogP contribution in [-0.4, -0.2) is 21.9 Å². The second-order valence-corrected chi connectivity index (χ2v) is 7.06. The van der Waals surface area contributed by atoms with Crippen molar-refractivity contribution in [3.05, 3.63) is 77.9 Å². The van der Waals surface area contributed by atoms with Gasteiger partial charge in [-0.1, -0.05) is 83.8 Å². The van der Waals surface area contributed by atoms with E-state index in [1.165, 1.54) is 16.9 Å². The van der Waals surface area contributed by atoms with Crippen molar-refractivity contribution in [3.8, 4) is 0 Å². The van der Waals surface area contributed by atoms with E-state index in [9.17, 15) is 4.79 Å². The molecule has 6 heteroatoms. The first kappa shape index (κ1) is 16.4. The molecule has 0 atom stereocenters. The molecule has 3 rings (SSSR count). The van der Waals surface area contributed by atoms with Crippen LogP contribution in [0.3, 0.4) is 0 Å². The minimum absolute atomic E-state index is 0.174. The quantitative estimate of drug-likeness (QED) is 0.520. The largest absolute Gasteiger partial charge is 0.296 e. The predicted molar refractivity (Wildman–Crippen MR) is 101 cm³/mol. The molecule has 0 saturated heterocycles. The van der Waals surface area contributed by atoms with Crippen LogP contribution in [0.1, 0.15) is 15.9 Å². The molecule has 1 amide bonds. The molecular weight excluding hydrogens is 338 g/mol. The van der Waals surface area contributed by atoms with E-state index in [4.69, 9.17) is 0 Å². The van der Waals surface area contributed by atoms with Crippen LogP contribution in [0.4, 0.5) is 5.13 Å². The van der Waals surface area contributed by atoms with Crippen molar-refractivity contribution in [2.45, 2.75) is 4.34 Å². The molecule has 1 heterocycles. The molecule has 0 unspecified atom stereocenters. The molecule has 3 aromatic rings. The summed E-state index contributed by atoms with van der Waals surface area (Å²) in [5, 5.41) is 11.4. The Morgan fingerprint density at radius 1 is 1.04 bits per heavy atom. The third-order valence-electron chi connectivity index (χ3n) is 3.08. The first-order valence-electron chi connectivity index (χ1n) is 7.35. The normalized spacial score (nSPS) is 10.8. The maximum Gasteiger partial charge on any atom is 0.257 e. The average Bonchev–Trinajstić information content (AvgIpc) is 3.08. The zero-order valence-corrected chi connectivity index (χ0v) is 14.4. The Kier molecular flexibility index (Phi) is 5.76. The molecule has 4 nitrogen and oxygen atoms in total. The molecular formula is C18H15N3OS2. The molecule has 0 aliphatic carbocycles. The lowest BCUT2D eigenvalue weighted by Gasteiger charge is -1.99. The van der Waals surface area contributed by atoms with Crippen LogP contribution in [0.2, 0.25) is 0 Å². The number of anilines is 1. The van der Waals surface area contributed by atoms with Crippen LogP contribution in [-0.2, 0) is 0 Å². The van der Waals surface area contributed by atoms with Gasteiger partial charge in [-0.25, -0.2) is 0 Å². The molecule has 24 heavy (non-hydrogen) atoms. The third kappa shape index (κ3) is 4.78. The molecule has 120 valence electrons. The van der Waals surface area contributed by atoms with Crippen LogP contribution in [0, 0.1) is 0 Å². The first-order chi connectivity index (χ1) is 11.8. The van der Waals surface area contributed by atoms with Gasteiger partial charge in [-0.2, -0.15) is 0 Å². The van der Waals surface area contributed by atoms with Crippen molar-refractivity contribution in [2.24, 2.45) is 0 Å². The van der Waals surface area contributed by atoms with Crippen LogP contribution in [0.5, 0.6) is 0 Å². The lowest BCUT2D eigenvalue weighted by Crippen LogP contribution is -2.11. The average molecular weight is 353 g/mol. The van der Waals surface area contributed by atoms with Crippen molar-refractivity contribution in [2.75, 3.05) is 11.1 Å². The topological polar surface area (TPSA) is 54.9 Å². The standard InChI is InChI=1S/C18H15N3OS2/c22-16(15-11-5-2-6-12-15)19-17-20-21-18(24-17)23-13-7-10-14-8-3-1-4-9-14/h1-12H,13H2,(H,19,20,22). The van der Waals surface area contributed by atoms with Gasteiger partial charge in [0.25, 0.3) is 5.91 Å². The van der Waals surface area contributed by atoms with Crippen molar-refractivity contribution >= 4 is 40.2 Å². The second kappa shape index (κ2) is 8.42. The fourth-order valence-corrected chi connectivity index (χ4v) is 3.53. The van der Waals surface area contributed by atoms with E-state index >= 15 is 0 Å². The number of thioether (sulfide) groups is 1. The fourth-order valence-electron chi connectivity index (χ4n) is 1.95. The van der Waals surface area contributed by atoms with Crippen LogP contribution in [0.25, 0.3) is 6.08 Å². The molecule has 0 radical (unpaired) electrons. The summed E-state index contributed by atoms with van der Waals surface area (Å²) in [5.41, 5.74) is 1.78. The van der Waals surface area contributed by atoms with Gasteiger partial charge >= 0.3 is 0 Å². The van der Waals surface area contributed by atoms with Crippen LogP contribution in [0.15, 0.2) is 71.1 Å². The van der Waals surface area contributed by atoms with Gasteiger partial charge in [-0.15, -0.1) is 10.2 Å². The van der Waals surface area contributed by atoms with Crippen LogP contribution >= 0.6 is 23.1 Å². The van der Waals surface area contributed by atoms with Crippen molar-refractivity contribution in [1.29, 1.82) is 0 Å². The Balaban J connectivity index is 1.50. The first-order valence-corrected chi connectivity index (χ1v) is 9.16. The summed E-state index contributed by atoms with van der Waals surface area (Å²) in [6, 6.07) is 19.2. The number of hydrogen-bond acceptors (Lipinski definition) is 5. The number of nitrogens with one attached hydrogen (secondary N) is 1. The van der Waals surface area contributed by atoms with E-state index in [1.54, 1.807) is 23.9 Å². The number of amides is 1. The molecule has 1 N–H and O–H groups in total. The van der Waals surface area contributed by atoms with E-state index in [1.807, 2.05) is 36.4 Å². The fraction of sp³-hybridized carbons (Fsp3) is 0.0556. The molecule has 0 aliphatic rings. The minimum atomic E-state index is -0.174. The lowest BCUT2D eigenvalue weighted by molar-refractivity contribution is 0.102. The smallest absolute Gasteiger partial charge is 0.257 e. The highest BCUT2D eigenvalue weighted by molar-refractivity contribution is 8.01. The van der Waals surface area contributed by atoms with E-state index in [-0.39, 0.29) is 5.91 Å². The summed E-state index contributed by atoms with van der Waals surface area (Å²) in [4.78, 5) is 12.1. The molecule has 0 spiro atoms. The van der Waals surface area contributed by atoms with Gasteiger partial charge in [-0.3, -0.25) is 10.1 Å². The van der Waals surface area contributed by atoms with Gasteiger partial charge in [0.15, 0.2) is 4.34 Å². The monoisotopic (exact) mass is 353 g/mol. The zero-order valence-electron chi connectivity index (χ0n) is 12.8. The molecule has 0 fully saturated rings. The molecule has 0 bridgehead atoms. The Morgan fingerprint density at radius 3 is 2.50 bits per heavy atom. The second-order valence-electron chi connectivity index (χ2n) is 4.82.